The van der Waals surface area contributed by atoms with E-state index in [4.69, 9.17) is 5.73 Å². The molecule has 108 valence electrons. The molecule has 0 atom stereocenters. The molecule has 1 aromatic rings. The number of carbonyl (C=O) groups excluding carboxylic acids is 1. The highest BCUT2D eigenvalue weighted by Gasteiger charge is 2.21. The van der Waals surface area contributed by atoms with Gasteiger partial charge in [0, 0.05) is 19.2 Å². The predicted octanol–water partition coefficient (Wildman–Crippen LogP) is 2.71. The summed E-state index contributed by atoms with van der Waals surface area (Å²) in [5.74, 6) is 6.55. The highest BCUT2D eigenvalue weighted by Crippen LogP contribution is 2.25. The minimum atomic E-state index is 0.0897. The summed E-state index contributed by atoms with van der Waals surface area (Å²) in [5, 5.41) is 1.92. The first-order valence-corrected chi connectivity index (χ1v) is 8.12. The SMILES string of the molecule is CN(CC1CCCCC1)C(=O)c1sccc1C#CCN. The van der Waals surface area contributed by atoms with Crippen LogP contribution in [0.2, 0.25) is 0 Å². The van der Waals surface area contributed by atoms with Gasteiger partial charge in [0.15, 0.2) is 0 Å². The number of hydrogen-bond donors (Lipinski definition) is 1. The number of carbonyl (C=O) groups is 1. The van der Waals surface area contributed by atoms with Crippen molar-refractivity contribution >= 4 is 17.2 Å². The van der Waals surface area contributed by atoms with Crippen LogP contribution in [0.1, 0.15) is 47.3 Å². The summed E-state index contributed by atoms with van der Waals surface area (Å²) in [7, 11) is 1.90. The van der Waals surface area contributed by atoms with Crippen LogP contribution in [0, 0.1) is 17.8 Å². The summed E-state index contributed by atoms with van der Waals surface area (Å²) in [4.78, 5) is 15.1. The third-order valence-corrected chi connectivity index (χ3v) is 4.69. The van der Waals surface area contributed by atoms with Crippen molar-refractivity contribution in [2.75, 3.05) is 20.1 Å². The zero-order valence-electron chi connectivity index (χ0n) is 12.0. The van der Waals surface area contributed by atoms with Crippen LogP contribution in [-0.2, 0) is 0 Å². The summed E-state index contributed by atoms with van der Waals surface area (Å²) < 4.78 is 0. The number of nitrogens with zero attached hydrogens (tertiary/aromatic N) is 1. The van der Waals surface area contributed by atoms with Crippen LogP contribution >= 0.6 is 11.3 Å². The average Bonchev–Trinajstić information content (AvgIpc) is 2.93. The third kappa shape index (κ3) is 3.84. The predicted molar refractivity (Wildman–Crippen MR) is 83.8 cm³/mol. The van der Waals surface area contributed by atoms with Crippen LogP contribution in [0.5, 0.6) is 0 Å². The highest BCUT2D eigenvalue weighted by molar-refractivity contribution is 7.12. The van der Waals surface area contributed by atoms with Crippen molar-refractivity contribution in [1.29, 1.82) is 0 Å². The Kier molecular flexibility index (Phi) is 5.63. The lowest BCUT2D eigenvalue weighted by atomic mass is 9.89. The minimum absolute atomic E-state index is 0.0897. The number of hydrogen-bond acceptors (Lipinski definition) is 3. The Morgan fingerprint density at radius 2 is 2.20 bits per heavy atom. The molecule has 0 saturated heterocycles. The van der Waals surface area contributed by atoms with Gasteiger partial charge in [0.1, 0.15) is 4.88 Å². The van der Waals surface area contributed by atoms with E-state index in [2.05, 4.69) is 11.8 Å². The summed E-state index contributed by atoms with van der Waals surface area (Å²) in [6.45, 7) is 1.18. The first-order valence-electron chi connectivity index (χ1n) is 7.24. The van der Waals surface area contributed by atoms with Gasteiger partial charge in [0.05, 0.1) is 6.54 Å². The number of amides is 1. The first kappa shape index (κ1) is 15.1. The summed E-state index contributed by atoms with van der Waals surface area (Å²) in [6.07, 6.45) is 6.46. The number of rotatable bonds is 3. The van der Waals surface area contributed by atoms with Crippen LogP contribution in [0.4, 0.5) is 0 Å². The minimum Gasteiger partial charge on any atom is -0.341 e. The zero-order chi connectivity index (χ0) is 14.4. The molecule has 1 heterocycles. The van der Waals surface area contributed by atoms with E-state index >= 15 is 0 Å². The molecule has 1 aliphatic carbocycles. The summed E-state index contributed by atoms with van der Waals surface area (Å²) in [5.41, 5.74) is 6.20. The third-order valence-electron chi connectivity index (χ3n) is 3.79. The van der Waals surface area contributed by atoms with Crippen molar-refractivity contribution in [1.82, 2.24) is 4.90 Å². The molecule has 1 amide bonds. The maximum atomic E-state index is 12.5. The van der Waals surface area contributed by atoms with Gasteiger partial charge in [-0.1, -0.05) is 31.1 Å². The van der Waals surface area contributed by atoms with E-state index in [9.17, 15) is 4.79 Å². The normalized spacial score (nSPS) is 15.5. The second-order valence-corrected chi connectivity index (χ2v) is 6.28. The van der Waals surface area contributed by atoms with Gasteiger partial charge in [-0.3, -0.25) is 4.79 Å². The average molecular weight is 290 g/mol. The zero-order valence-corrected chi connectivity index (χ0v) is 12.8. The van der Waals surface area contributed by atoms with Crippen molar-refractivity contribution in [2.24, 2.45) is 11.7 Å². The standard InChI is InChI=1S/C16H22N2OS/c1-18(12-13-6-3-2-4-7-13)16(19)15-14(8-5-10-17)9-11-20-15/h9,11,13H,2-4,6-7,10,12,17H2,1H3. The lowest BCUT2D eigenvalue weighted by molar-refractivity contribution is 0.0765. The monoisotopic (exact) mass is 290 g/mol. The smallest absolute Gasteiger partial charge is 0.264 e. The van der Waals surface area contributed by atoms with Gasteiger partial charge in [-0.15, -0.1) is 11.3 Å². The molecule has 1 fully saturated rings. The Bertz CT molecular complexity index is 506. The number of thiophene rings is 1. The van der Waals surface area contributed by atoms with Crippen LogP contribution in [0.3, 0.4) is 0 Å². The lowest BCUT2D eigenvalue weighted by Gasteiger charge is -2.26. The Morgan fingerprint density at radius 1 is 1.45 bits per heavy atom. The molecule has 0 unspecified atom stereocenters. The molecule has 0 bridgehead atoms. The molecule has 1 aliphatic rings. The molecule has 2 rings (SSSR count). The molecule has 0 radical (unpaired) electrons. The molecular formula is C16H22N2OS. The van der Waals surface area contributed by atoms with Crippen molar-refractivity contribution in [3.8, 4) is 11.8 Å². The summed E-state index contributed by atoms with van der Waals surface area (Å²) in [6, 6.07) is 1.90. The topological polar surface area (TPSA) is 46.3 Å². The van der Waals surface area contributed by atoms with E-state index in [0.717, 1.165) is 17.0 Å². The van der Waals surface area contributed by atoms with E-state index in [1.54, 1.807) is 0 Å². The second-order valence-electron chi connectivity index (χ2n) is 5.36. The number of nitrogens with two attached hydrogens (primary N) is 1. The van der Waals surface area contributed by atoms with Crippen molar-refractivity contribution in [2.45, 2.75) is 32.1 Å². The quantitative estimate of drug-likeness (QED) is 0.870. The Hall–Kier alpha value is -1.31. The van der Waals surface area contributed by atoms with E-state index in [0.29, 0.717) is 12.5 Å². The van der Waals surface area contributed by atoms with E-state index in [1.165, 1.54) is 43.4 Å². The fraction of sp³-hybridized carbons (Fsp3) is 0.562. The molecule has 0 spiro atoms. The van der Waals surface area contributed by atoms with Crippen molar-refractivity contribution < 1.29 is 4.79 Å². The van der Waals surface area contributed by atoms with Gasteiger partial charge in [0.25, 0.3) is 5.91 Å². The van der Waals surface area contributed by atoms with Crippen LogP contribution in [0.15, 0.2) is 11.4 Å². The molecule has 20 heavy (non-hydrogen) atoms. The largest absolute Gasteiger partial charge is 0.341 e. The molecule has 4 heteroatoms. The maximum absolute atomic E-state index is 12.5. The fourth-order valence-corrected chi connectivity index (χ4v) is 3.58. The molecule has 1 saturated carbocycles. The van der Waals surface area contributed by atoms with Gasteiger partial charge in [-0.05, 0) is 30.2 Å². The fourth-order valence-electron chi connectivity index (χ4n) is 2.73. The van der Waals surface area contributed by atoms with Gasteiger partial charge in [0.2, 0.25) is 0 Å². The van der Waals surface area contributed by atoms with Crippen molar-refractivity contribution in [3.05, 3.63) is 21.9 Å². The first-order chi connectivity index (χ1) is 9.72. The second kappa shape index (κ2) is 7.47. The van der Waals surface area contributed by atoms with Gasteiger partial charge in [-0.2, -0.15) is 0 Å². The van der Waals surface area contributed by atoms with Crippen LogP contribution in [0.25, 0.3) is 0 Å². The van der Waals surface area contributed by atoms with Crippen LogP contribution in [-0.4, -0.2) is 30.9 Å². The van der Waals surface area contributed by atoms with Gasteiger partial charge in [-0.25, -0.2) is 0 Å². The Labute approximate surface area is 125 Å². The van der Waals surface area contributed by atoms with E-state index in [-0.39, 0.29) is 5.91 Å². The molecule has 1 aromatic heterocycles. The highest BCUT2D eigenvalue weighted by atomic mass is 32.1. The Morgan fingerprint density at radius 3 is 2.90 bits per heavy atom. The molecular weight excluding hydrogens is 268 g/mol. The maximum Gasteiger partial charge on any atom is 0.264 e. The molecule has 0 aromatic carbocycles. The lowest BCUT2D eigenvalue weighted by Crippen LogP contribution is -2.32. The Balaban J connectivity index is 2.01. The molecule has 0 aliphatic heterocycles. The van der Waals surface area contributed by atoms with Crippen molar-refractivity contribution in [3.63, 3.8) is 0 Å². The molecule has 3 nitrogen and oxygen atoms in total. The van der Waals surface area contributed by atoms with Gasteiger partial charge < -0.3 is 10.6 Å². The summed E-state index contributed by atoms with van der Waals surface area (Å²) >= 11 is 1.46. The van der Waals surface area contributed by atoms with Crippen LogP contribution < -0.4 is 5.73 Å². The van der Waals surface area contributed by atoms with Gasteiger partial charge >= 0.3 is 0 Å². The van der Waals surface area contributed by atoms with E-state index in [1.807, 2.05) is 23.4 Å². The molecule has 2 N–H and O–H groups in total. The van der Waals surface area contributed by atoms with E-state index < -0.39 is 0 Å².